The third-order valence-corrected chi connectivity index (χ3v) is 3.74. The number of carbonyl (C=O) groups excluding carboxylic acids is 2. The van der Waals surface area contributed by atoms with Crippen molar-refractivity contribution in [2.75, 3.05) is 0 Å². The average Bonchev–Trinajstić information content (AvgIpc) is 2.10. The van der Waals surface area contributed by atoms with Gasteiger partial charge in [-0.25, -0.2) is 0 Å². The molecule has 1 unspecified atom stereocenters. The molecule has 2 N–H and O–H groups in total. The average molecular weight is 268 g/mol. The normalized spacial score (nSPS) is 23.7. The lowest BCUT2D eigenvalue weighted by atomic mass is 9.79. The van der Waals surface area contributed by atoms with E-state index >= 15 is 0 Å². The Labute approximate surface area is 116 Å². The maximum absolute atomic E-state index is 12.0. The highest BCUT2D eigenvalue weighted by Crippen LogP contribution is 2.28. The maximum atomic E-state index is 12.0. The van der Waals surface area contributed by atoms with E-state index < -0.39 is 0 Å². The smallest absolute Gasteiger partial charge is 0.220 e. The van der Waals surface area contributed by atoms with Crippen molar-refractivity contribution in [1.29, 1.82) is 0 Å². The van der Waals surface area contributed by atoms with Crippen LogP contribution in [0.2, 0.25) is 0 Å². The lowest BCUT2D eigenvalue weighted by molar-refractivity contribution is -0.128. The second kappa shape index (κ2) is 5.61. The number of piperidine rings is 1. The number of carbonyl (C=O) groups is 2. The van der Waals surface area contributed by atoms with Crippen LogP contribution in [0.25, 0.3) is 0 Å². The van der Waals surface area contributed by atoms with Crippen molar-refractivity contribution in [3.8, 4) is 0 Å². The van der Waals surface area contributed by atoms with Crippen molar-refractivity contribution in [1.82, 2.24) is 10.6 Å². The lowest BCUT2D eigenvalue weighted by Crippen LogP contribution is -2.62. The Balaban J connectivity index is 2.57. The molecule has 1 heterocycles. The predicted octanol–water partition coefficient (Wildman–Crippen LogP) is 2.03. The van der Waals surface area contributed by atoms with E-state index in [1.807, 2.05) is 0 Å². The Bertz CT molecular complexity index is 345. The quantitative estimate of drug-likeness (QED) is 0.820. The van der Waals surface area contributed by atoms with Crippen LogP contribution in [0.1, 0.15) is 60.8 Å². The second-order valence-corrected chi connectivity index (χ2v) is 7.28. The van der Waals surface area contributed by atoms with Crippen molar-refractivity contribution < 1.29 is 9.59 Å². The van der Waals surface area contributed by atoms with E-state index in [2.05, 4.69) is 38.3 Å². The van der Waals surface area contributed by atoms with Crippen LogP contribution in [0, 0.1) is 5.92 Å². The van der Waals surface area contributed by atoms with Crippen LogP contribution in [0.4, 0.5) is 0 Å². The molecule has 0 radical (unpaired) electrons. The second-order valence-electron chi connectivity index (χ2n) is 7.28. The third-order valence-electron chi connectivity index (χ3n) is 3.74. The summed E-state index contributed by atoms with van der Waals surface area (Å²) in [6.45, 7) is 12.0. The summed E-state index contributed by atoms with van der Waals surface area (Å²) in [5.74, 6) is -0.134. The zero-order chi connectivity index (χ0) is 14.8. The molecule has 1 aliphatic heterocycles. The van der Waals surface area contributed by atoms with Crippen LogP contribution in [-0.4, -0.2) is 28.8 Å². The van der Waals surface area contributed by atoms with E-state index in [0.717, 1.165) is 12.8 Å². The molecule has 0 aromatic heterocycles. The number of rotatable bonds is 4. The Morgan fingerprint density at radius 2 is 1.68 bits per heavy atom. The molecular weight excluding hydrogens is 240 g/mol. The Morgan fingerprint density at radius 1 is 1.21 bits per heavy atom. The molecular formula is C15H28N2O2. The highest BCUT2D eigenvalue weighted by Gasteiger charge is 2.38. The van der Waals surface area contributed by atoms with Gasteiger partial charge in [-0.05, 0) is 47.5 Å². The first-order valence-corrected chi connectivity index (χ1v) is 7.10. The Kier molecular flexibility index (Phi) is 4.77. The SMILES string of the molecule is CC(=O)C(C)CC(=O)NC1CC(C)(C)NC(C)(C)C1. The van der Waals surface area contributed by atoms with Crippen molar-refractivity contribution in [2.45, 2.75) is 77.9 Å². The molecule has 0 aromatic carbocycles. The fourth-order valence-electron chi connectivity index (χ4n) is 3.13. The molecule has 0 spiro atoms. The predicted molar refractivity (Wildman–Crippen MR) is 76.9 cm³/mol. The number of Topliss-reactive ketones (excluding diaryl/α,β-unsaturated/α-hetero) is 1. The summed E-state index contributed by atoms with van der Waals surface area (Å²) in [5, 5.41) is 6.67. The summed E-state index contributed by atoms with van der Waals surface area (Å²) in [4.78, 5) is 23.2. The molecule has 4 nitrogen and oxygen atoms in total. The molecule has 1 atom stereocenters. The number of nitrogens with one attached hydrogen (secondary N) is 2. The molecule has 110 valence electrons. The third kappa shape index (κ3) is 5.31. The summed E-state index contributed by atoms with van der Waals surface area (Å²) in [5.41, 5.74) is 0.0395. The van der Waals surface area contributed by atoms with Crippen LogP contribution in [0.3, 0.4) is 0 Å². The van der Waals surface area contributed by atoms with E-state index in [1.165, 1.54) is 6.92 Å². The summed E-state index contributed by atoms with van der Waals surface area (Å²) in [6.07, 6.45) is 2.12. The monoisotopic (exact) mass is 268 g/mol. The van der Waals surface area contributed by atoms with E-state index in [0.29, 0.717) is 6.42 Å². The molecule has 0 aliphatic carbocycles. The first-order valence-electron chi connectivity index (χ1n) is 7.10. The fourth-order valence-corrected chi connectivity index (χ4v) is 3.13. The number of hydrogen-bond donors (Lipinski definition) is 2. The summed E-state index contributed by atoms with van der Waals surface area (Å²) >= 11 is 0. The molecule has 0 bridgehead atoms. The Morgan fingerprint density at radius 3 is 2.11 bits per heavy atom. The van der Waals surface area contributed by atoms with Crippen molar-refractivity contribution in [2.24, 2.45) is 5.92 Å². The minimum absolute atomic E-state index is 0.0128. The minimum atomic E-state index is -0.192. The Hall–Kier alpha value is -0.900. The van der Waals surface area contributed by atoms with Gasteiger partial charge in [-0.3, -0.25) is 9.59 Å². The van der Waals surface area contributed by atoms with E-state index in [4.69, 9.17) is 0 Å². The van der Waals surface area contributed by atoms with E-state index in [-0.39, 0.29) is 34.7 Å². The zero-order valence-corrected chi connectivity index (χ0v) is 13.1. The standard InChI is InChI=1S/C15H28N2O2/c1-10(11(2)18)7-13(19)16-12-8-14(3,4)17-15(5,6)9-12/h10,12,17H,7-9H2,1-6H3,(H,16,19). The van der Waals surface area contributed by atoms with Crippen LogP contribution >= 0.6 is 0 Å². The van der Waals surface area contributed by atoms with Crippen molar-refractivity contribution >= 4 is 11.7 Å². The van der Waals surface area contributed by atoms with Crippen molar-refractivity contribution in [3.05, 3.63) is 0 Å². The first kappa shape index (κ1) is 16.2. The first-order chi connectivity index (χ1) is 8.51. The van der Waals surface area contributed by atoms with Crippen LogP contribution in [0.15, 0.2) is 0 Å². The topological polar surface area (TPSA) is 58.2 Å². The lowest BCUT2D eigenvalue weighted by Gasteiger charge is -2.46. The number of ketones is 1. The van der Waals surface area contributed by atoms with Gasteiger partial charge in [0.15, 0.2) is 0 Å². The van der Waals surface area contributed by atoms with Gasteiger partial charge in [-0.2, -0.15) is 0 Å². The number of amides is 1. The molecule has 1 aliphatic rings. The fraction of sp³-hybridized carbons (Fsp3) is 0.867. The van der Waals surface area contributed by atoms with Gasteiger partial charge in [0.05, 0.1) is 0 Å². The van der Waals surface area contributed by atoms with E-state index in [1.54, 1.807) is 6.92 Å². The van der Waals surface area contributed by atoms with Gasteiger partial charge in [0, 0.05) is 29.5 Å². The molecule has 1 amide bonds. The molecule has 1 fully saturated rings. The van der Waals surface area contributed by atoms with Gasteiger partial charge < -0.3 is 10.6 Å². The molecule has 4 heteroatoms. The maximum Gasteiger partial charge on any atom is 0.220 e. The van der Waals surface area contributed by atoms with Crippen LogP contribution < -0.4 is 10.6 Å². The van der Waals surface area contributed by atoms with Crippen LogP contribution in [0.5, 0.6) is 0 Å². The highest BCUT2D eigenvalue weighted by molar-refractivity contribution is 5.85. The summed E-state index contributed by atoms with van der Waals surface area (Å²) < 4.78 is 0. The molecule has 19 heavy (non-hydrogen) atoms. The van der Waals surface area contributed by atoms with Gasteiger partial charge in [0.25, 0.3) is 0 Å². The van der Waals surface area contributed by atoms with Crippen LogP contribution in [-0.2, 0) is 9.59 Å². The molecule has 0 aromatic rings. The largest absolute Gasteiger partial charge is 0.353 e. The van der Waals surface area contributed by atoms with Gasteiger partial charge in [-0.15, -0.1) is 0 Å². The van der Waals surface area contributed by atoms with E-state index in [9.17, 15) is 9.59 Å². The molecule has 1 rings (SSSR count). The zero-order valence-electron chi connectivity index (χ0n) is 13.1. The van der Waals surface area contributed by atoms with Gasteiger partial charge in [0.1, 0.15) is 5.78 Å². The van der Waals surface area contributed by atoms with Gasteiger partial charge in [-0.1, -0.05) is 6.92 Å². The summed E-state index contributed by atoms with van der Waals surface area (Å²) in [7, 11) is 0. The van der Waals surface area contributed by atoms with Gasteiger partial charge >= 0.3 is 0 Å². The van der Waals surface area contributed by atoms with Gasteiger partial charge in [0.2, 0.25) is 5.91 Å². The molecule has 1 saturated heterocycles. The minimum Gasteiger partial charge on any atom is -0.353 e. The summed E-state index contributed by atoms with van der Waals surface area (Å²) in [6, 6.07) is 0.179. The van der Waals surface area contributed by atoms with Crippen molar-refractivity contribution in [3.63, 3.8) is 0 Å². The highest BCUT2D eigenvalue weighted by atomic mass is 16.2. The number of hydrogen-bond acceptors (Lipinski definition) is 3. The molecule has 0 saturated carbocycles.